The highest BCUT2D eigenvalue weighted by Gasteiger charge is 2.25. The van der Waals surface area contributed by atoms with Crippen LogP contribution in [0, 0.1) is 18.8 Å². The van der Waals surface area contributed by atoms with E-state index in [2.05, 4.69) is 38.2 Å². The number of methoxy groups -OCH3 is 1. The Morgan fingerprint density at radius 1 is 1.33 bits per heavy atom. The molecule has 0 aliphatic carbocycles. The number of rotatable bonds is 6. The molecule has 1 aromatic rings. The van der Waals surface area contributed by atoms with Crippen LogP contribution in [0.25, 0.3) is 0 Å². The van der Waals surface area contributed by atoms with E-state index in [9.17, 15) is 0 Å². The summed E-state index contributed by atoms with van der Waals surface area (Å²) >= 11 is 0. The molecule has 0 bridgehead atoms. The summed E-state index contributed by atoms with van der Waals surface area (Å²) in [4.78, 5) is 0. The maximum atomic E-state index is 5.94. The molecular weight excluding hydrogens is 224 g/mol. The lowest BCUT2D eigenvalue weighted by atomic mass is 9.84. The van der Waals surface area contributed by atoms with Crippen LogP contribution in [0.4, 0.5) is 0 Å². The predicted molar refractivity (Wildman–Crippen MR) is 76.9 cm³/mol. The standard InChI is InChI=1S/C15H26N2O/c1-10(2)13(9-16)15(17-4)12-8-11(3)6-7-14(12)18-5/h6-8,10,13,15,17H,9,16H2,1-5H3. The van der Waals surface area contributed by atoms with E-state index in [0.29, 0.717) is 18.4 Å². The third-order valence-electron chi connectivity index (χ3n) is 3.59. The maximum Gasteiger partial charge on any atom is 0.123 e. The molecule has 2 unspecified atom stereocenters. The largest absolute Gasteiger partial charge is 0.496 e. The molecule has 0 aromatic heterocycles. The first-order chi connectivity index (χ1) is 8.54. The van der Waals surface area contributed by atoms with Crippen LogP contribution >= 0.6 is 0 Å². The fourth-order valence-corrected chi connectivity index (χ4v) is 2.49. The molecule has 0 fully saturated rings. The van der Waals surface area contributed by atoms with Gasteiger partial charge < -0.3 is 15.8 Å². The van der Waals surface area contributed by atoms with Crippen LogP contribution in [-0.2, 0) is 0 Å². The molecule has 0 heterocycles. The first kappa shape index (κ1) is 15.0. The molecule has 3 N–H and O–H groups in total. The molecule has 1 aromatic carbocycles. The minimum atomic E-state index is 0.227. The van der Waals surface area contributed by atoms with E-state index in [1.807, 2.05) is 13.1 Å². The Morgan fingerprint density at radius 2 is 2.00 bits per heavy atom. The second-order valence-electron chi connectivity index (χ2n) is 5.16. The summed E-state index contributed by atoms with van der Waals surface area (Å²) in [6, 6.07) is 6.51. The van der Waals surface area contributed by atoms with Crippen LogP contribution in [0.3, 0.4) is 0 Å². The summed E-state index contributed by atoms with van der Waals surface area (Å²) in [7, 11) is 3.70. The summed E-state index contributed by atoms with van der Waals surface area (Å²) in [5.41, 5.74) is 8.38. The number of ether oxygens (including phenoxy) is 1. The van der Waals surface area contributed by atoms with Gasteiger partial charge in [0.25, 0.3) is 0 Å². The van der Waals surface area contributed by atoms with Crippen LogP contribution in [0.1, 0.15) is 31.0 Å². The Kier molecular flexibility index (Phi) is 5.63. The molecule has 3 nitrogen and oxygen atoms in total. The van der Waals surface area contributed by atoms with E-state index in [0.717, 1.165) is 5.75 Å². The molecule has 1 rings (SSSR count). The molecule has 102 valence electrons. The van der Waals surface area contributed by atoms with Crippen molar-refractivity contribution >= 4 is 0 Å². The zero-order valence-corrected chi connectivity index (χ0v) is 12.2. The van der Waals surface area contributed by atoms with Crippen molar-refractivity contribution in [3.05, 3.63) is 29.3 Å². The lowest BCUT2D eigenvalue weighted by Crippen LogP contribution is -2.34. The minimum Gasteiger partial charge on any atom is -0.496 e. The molecule has 0 aliphatic rings. The third kappa shape index (κ3) is 3.24. The zero-order chi connectivity index (χ0) is 13.7. The van der Waals surface area contributed by atoms with Gasteiger partial charge >= 0.3 is 0 Å². The van der Waals surface area contributed by atoms with Gasteiger partial charge in [0.2, 0.25) is 0 Å². The van der Waals surface area contributed by atoms with Crippen LogP contribution < -0.4 is 15.8 Å². The van der Waals surface area contributed by atoms with Gasteiger partial charge in [-0.05, 0) is 38.4 Å². The third-order valence-corrected chi connectivity index (χ3v) is 3.59. The van der Waals surface area contributed by atoms with E-state index in [1.54, 1.807) is 7.11 Å². The van der Waals surface area contributed by atoms with E-state index in [-0.39, 0.29) is 6.04 Å². The number of benzene rings is 1. The number of aryl methyl sites for hydroxylation is 1. The van der Waals surface area contributed by atoms with Crippen molar-refractivity contribution in [3.8, 4) is 5.75 Å². The predicted octanol–water partition coefficient (Wildman–Crippen LogP) is 2.50. The summed E-state index contributed by atoms with van der Waals surface area (Å²) < 4.78 is 5.48. The minimum absolute atomic E-state index is 0.227. The second-order valence-corrected chi connectivity index (χ2v) is 5.16. The Balaban J connectivity index is 3.18. The van der Waals surface area contributed by atoms with Crippen molar-refractivity contribution in [2.24, 2.45) is 17.6 Å². The van der Waals surface area contributed by atoms with E-state index in [4.69, 9.17) is 10.5 Å². The monoisotopic (exact) mass is 250 g/mol. The smallest absolute Gasteiger partial charge is 0.123 e. The van der Waals surface area contributed by atoms with Gasteiger partial charge in [0.15, 0.2) is 0 Å². The lowest BCUT2D eigenvalue weighted by molar-refractivity contribution is 0.290. The molecule has 0 radical (unpaired) electrons. The zero-order valence-electron chi connectivity index (χ0n) is 12.2. The average molecular weight is 250 g/mol. The fourth-order valence-electron chi connectivity index (χ4n) is 2.49. The van der Waals surface area contributed by atoms with Crippen LogP contribution in [-0.4, -0.2) is 20.7 Å². The number of hydrogen-bond donors (Lipinski definition) is 2. The number of hydrogen-bond acceptors (Lipinski definition) is 3. The summed E-state index contributed by atoms with van der Waals surface area (Å²) in [5, 5.41) is 3.39. The second kappa shape index (κ2) is 6.76. The molecular formula is C15H26N2O. The van der Waals surface area contributed by atoms with Gasteiger partial charge in [-0.2, -0.15) is 0 Å². The molecule has 0 spiro atoms. The highest BCUT2D eigenvalue weighted by molar-refractivity contribution is 5.39. The topological polar surface area (TPSA) is 47.3 Å². The Bertz CT molecular complexity index is 377. The summed E-state index contributed by atoms with van der Waals surface area (Å²) in [6.45, 7) is 7.19. The molecule has 18 heavy (non-hydrogen) atoms. The van der Waals surface area contributed by atoms with Crippen molar-refractivity contribution in [3.63, 3.8) is 0 Å². The van der Waals surface area contributed by atoms with Crippen LogP contribution in [0.2, 0.25) is 0 Å². The van der Waals surface area contributed by atoms with Gasteiger partial charge in [-0.15, -0.1) is 0 Å². The van der Waals surface area contributed by atoms with Gasteiger partial charge in [0, 0.05) is 11.6 Å². The Morgan fingerprint density at radius 3 is 2.44 bits per heavy atom. The summed E-state index contributed by atoms with van der Waals surface area (Å²) in [5.74, 6) is 1.85. The molecule has 0 saturated carbocycles. The Labute approximate surface area is 111 Å². The molecule has 3 heteroatoms. The SMILES string of the molecule is CNC(c1cc(C)ccc1OC)C(CN)C(C)C. The number of nitrogens with two attached hydrogens (primary N) is 1. The van der Waals surface area contributed by atoms with Gasteiger partial charge in [-0.1, -0.05) is 31.5 Å². The first-order valence-electron chi connectivity index (χ1n) is 6.57. The van der Waals surface area contributed by atoms with Gasteiger partial charge in [-0.25, -0.2) is 0 Å². The van der Waals surface area contributed by atoms with Gasteiger partial charge in [0.05, 0.1) is 7.11 Å². The lowest BCUT2D eigenvalue weighted by Gasteiger charge is -2.30. The molecule has 2 atom stereocenters. The fraction of sp³-hybridized carbons (Fsp3) is 0.600. The van der Waals surface area contributed by atoms with E-state index >= 15 is 0 Å². The van der Waals surface area contributed by atoms with Gasteiger partial charge in [0.1, 0.15) is 5.75 Å². The highest BCUT2D eigenvalue weighted by Crippen LogP contribution is 2.33. The van der Waals surface area contributed by atoms with Crippen molar-refractivity contribution in [2.45, 2.75) is 26.8 Å². The first-order valence-corrected chi connectivity index (χ1v) is 6.57. The maximum absolute atomic E-state index is 5.94. The van der Waals surface area contributed by atoms with Crippen molar-refractivity contribution < 1.29 is 4.74 Å². The van der Waals surface area contributed by atoms with Gasteiger partial charge in [-0.3, -0.25) is 0 Å². The quantitative estimate of drug-likeness (QED) is 0.815. The van der Waals surface area contributed by atoms with E-state index in [1.165, 1.54) is 11.1 Å². The van der Waals surface area contributed by atoms with Crippen molar-refractivity contribution in [1.29, 1.82) is 0 Å². The average Bonchev–Trinajstić information content (AvgIpc) is 2.35. The van der Waals surface area contributed by atoms with E-state index < -0.39 is 0 Å². The normalized spacial score (nSPS) is 14.6. The summed E-state index contributed by atoms with van der Waals surface area (Å²) in [6.07, 6.45) is 0. The van der Waals surface area contributed by atoms with Crippen LogP contribution in [0.15, 0.2) is 18.2 Å². The molecule has 0 aliphatic heterocycles. The molecule has 0 saturated heterocycles. The highest BCUT2D eigenvalue weighted by atomic mass is 16.5. The Hall–Kier alpha value is -1.06. The van der Waals surface area contributed by atoms with Crippen LogP contribution in [0.5, 0.6) is 5.75 Å². The number of nitrogens with one attached hydrogen (secondary N) is 1. The van der Waals surface area contributed by atoms with Crippen molar-refractivity contribution in [1.82, 2.24) is 5.32 Å². The molecule has 0 amide bonds. The van der Waals surface area contributed by atoms with Crippen molar-refractivity contribution in [2.75, 3.05) is 20.7 Å².